The molecule has 1 N–H and O–H groups in total. The second-order valence-corrected chi connectivity index (χ2v) is 9.65. The summed E-state index contributed by atoms with van der Waals surface area (Å²) in [6.45, 7) is 3.69. The Bertz CT molecular complexity index is 982. The van der Waals surface area contributed by atoms with Gasteiger partial charge in [-0.05, 0) is 37.1 Å². The van der Waals surface area contributed by atoms with E-state index >= 15 is 0 Å². The van der Waals surface area contributed by atoms with Gasteiger partial charge in [-0.15, -0.1) is 0 Å². The van der Waals surface area contributed by atoms with E-state index in [-0.39, 0.29) is 25.5 Å². The second kappa shape index (κ2) is 11.3. The molecule has 2 rings (SSSR count). The predicted molar refractivity (Wildman–Crippen MR) is 122 cm³/mol. The average Bonchev–Trinajstić information content (AvgIpc) is 2.72. The second-order valence-electron chi connectivity index (χ2n) is 7.24. The molecular weight excluding hydrogens is 438 g/mol. The van der Waals surface area contributed by atoms with Crippen molar-refractivity contribution < 1.29 is 18.0 Å². The van der Waals surface area contributed by atoms with Crippen molar-refractivity contribution in [1.29, 1.82) is 0 Å². The normalized spacial score (nSPS) is 12.4. The number of carbonyl (C=O) groups excluding carboxylic acids is 2. The molecule has 1 atom stereocenters. The largest absolute Gasteiger partial charge is 0.355 e. The lowest BCUT2D eigenvalue weighted by Crippen LogP contribution is -2.50. The summed E-state index contributed by atoms with van der Waals surface area (Å²) in [5, 5.41) is 3.27. The maximum Gasteiger partial charge on any atom is 0.242 e. The molecule has 0 unspecified atom stereocenters. The molecule has 2 aromatic carbocycles. The fraction of sp³-hybridized carbons (Fsp3) is 0.364. The number of benzene rings is 2. The van der Waals surface area contributed by atoms with Gasteiger partial charge >= 0.3 is 0 Å². The van der Waals surface area contributed by atoms with Crippen LogP contribution in [0.5, 0.6) is 0 Å². The monoisotopic (exact) mass is 465 g/mol. The molecule has 0 saturated heterocycles. The van der Waals surface area contributed by atoms with E-state index in [0.717, 1.165) is 21.7 Å². The summed E-state index contributed by atoms with van der Waals surface area (Å²) in [6.07, 6.45) is 1.07. The van der Waals surface area contributed by atoms with Crippen LogP contribution in [0, 0.1) is 0 Å². The van der Waals surface area contributed by atoms with E-state index in [0.29, 0.717) is 11.6 Å². The van der Waals surface area contributed by atoms with Crippen LogP contribution in [0.25, 0.3) is 0 Å². The summed E-state index contributed by atoms with van der Waals surface area (Å²) in [6, 6.07) is 15.2. The first-order valence-corrected chi connectivity index (χ1v) is 12.1. The smallest absolute Gasteiger partial charge is 0.242 e. The summed E-state index contributed by atoms with van der Waals surface area (Å²) in [7, 11) is -3.66. The number of carbonyl (C=O) groups is 2. The Morgan fingerprint density at radius 2 is 1.58 bits per heavy atom. The fourth-order valence-electron chi connectivity index (χ4n) is 3.01. The Kier molecular flexibility index (Phi) is 9.03. The quantitative estimate of drug-likeness (QED) is 0.584. The summed E-state index contributed by atoms with van der Waals surface area (Å²) in [5.74, 6) is -0.770. The highest BCUT2D eigenvalue weighted by Crippen LogP contribution is 2.15. The van der Waals surface area contributed by atoms with Gasteiger partial charge in [0.25, 0.3) is 0 Å². The molecule has 2 amide bonds. The van der Waals surface area contributed by atoms with Gasteiger partial charge in [-0.3, -0.25) is 9.59 Å². The first kappa shape index (κ1) is 24.8. The lowest BCUT2D eigenvalue weighted by Gasteiger charge is -2.31. The van der Waals surface area contributed by atoms with Gasteiger partial charge in [0.2, 0.25) is 21.8 Å². The minimum atomic E-state index is -3.66. The third-order valence-corrected chi connectivity index (χ3v) is 6.22. The molecule has 0 heterocycles. The van der Waals surface area contributed by atoms with E-state index in [9.17, 15) is 18.0 Å². The average molecular weight is 466 g/mol. The predicted octanol–water partition coefficient (Wildman–Crippen LogP) is 2.66. The van der Waals surface area contributed by atoms with Gasteiger partial charge in [0.05, 0.1) is 12.8 Å². The molecule has 31 heavy (non-hydrogen) atoms. The third kappa shape index (κ3) is 7.65. The van der Waals surface area contributed by atoms with Crippen molar-refractivity contribution in [1.82, 2.24) is 14.5 Å². The Hall–Kier alpha value is -2.42. The van der Waals surface area contributed by atoms with Crippen LogP contribution in [0.4, 0.5) is 0 Å². The molecule has 0 aliphatic heterocycles. The van der Waals surface area contributed by atoms with Gasteiger partial charge in [-0.2, -0.15) is 4.31 Å². The van der Waals surface area contributed by atoms with Crippen LogP contribution in [0.2, 0.25) is 5.02 Å². The van der Waals surface area contributed by atoms with Crippen LogP contribution in [0.3, 0.4) is 0 Å². The Labute approximate surface area is 189 Å². The third-order valence-electron chi connectivity index (χ3n) is 4.77. The van der Waals surface area contributed by atoms with Crippen LogP contribution in [0.15, 0.2) is 54.6 Å². The molecule has 0 radical (unpaired) electrons. The highest BCUT2D eigenvalue weighted by molar-refractivity contribution is 7.88. The van der Waals surface area contributed by atoms with Crippen LogP contribution in [0.1, 0.15) is 25.0 Å². The molecular formula is C22H28ClN3O4S. The standard InChI is InChI=1S/C22H28ClN3O4S/c1-4-24-22(28)17(2)26(15-19-10-12-20(23)13-11-19)21(27)16-25(31(3,29)30)14-18-8-6-5-7-9-18/h5-13,17H,4,14-16H2,1-3H3,(H,24,28)/t17-/m1/s1. The van der Waals surface area contributed by atoms with E-state index in [1.807, 2.05) is 18.2 Å². The molecule has 0 aliphatic rings. The first-order chi connectivity index (χ1) is 14.6. The van der Waals surface area contributed by atoms with E-state index in [1.165, 1.54) is 4.90 Å². The molecule has 0 fully saturated rings. The zero-order chi connectivity index (χ0) is 23.0. The van der Waals surface area contributed by atoms with Gasteiger partial charge in [0, 0.05) is 24.7 Å². The van der Waals surface area contributed by atoms with Gasteiger partial charge in [0.15, 0.2) is 0 Å². The molecule has 0 saturated carbocycles. The summed E-state index contributed by atoms with van der Waals surface area (Å²) < 4.78 is 25.8. The van der Waals surface area contributed by atoms with Crippen LogP contribution in [-0.4, -0.2) is 54.8 Å². The van der Waals surface area contributed by atoms with Gasteiger partial charge < -0.3 is 10.2 Å². The molecule has 9 heteroatoms. The summed E-state index contributed by atoms with van der Waals surface area (Å²) >= 11 is 5.94. The lowest BCUT2D eigenvalue weighted by atomic mass is 10.1. The van der Waals surface area contributed by atoms with E-state index < -0.39 is 22.0 Å². The van der Waals surface area contributed by atoms with Crippen molar-refractivity contribution in [2.24, 2.45) is 0 Å². The lowest BCUT2D eigenvalue weighted by molar-refractivity contribution is -0.140. The number of hydrogen-bond acceptors (Lipinski definition) is 4. The topological polar surface area (TPSA) is 86.8 Å². The maximum absolute atomic E-state index is 13.2. The van der Waals surface area contributed by atoms with Crippen molar-refractivity contribution in [3.8, 4) is 0 Å². The molecule has 168 valence electrons. The molecule has 0 spiro atoms. The summed E-state index contributed by atoms with van der Waals surface area (Å²) in [5.41, 5.74) is 1.55. The minimum absolute atomic E-state index is 0.0652. The van der Waals surface area contributed by atoms with Crippen molar-refractivity contribution in [3.05, 3.63) is 70.7 Å². The van der Waals surface area contributed by atoms with Crippen LogP contribution < -0.4 is 5.32 Å². The highest BCUT2D eigenvalue weighted by atomic mass is 35.5. The molecule has 0 aromatic heterocycles. The molecule has 7 nitrogen and oxygen atoms in total. The van der Waals surface area contributed by atoms with Crippen LogP contribution in [-0.2, 0) is 32.7 Å². The Morgan fingerprint density at radius 3 is 2.13 bits per heavy atom. The van der Waals surface area contributed by atoms with E-state index in [2.05, 4.69) is 5.32 Å². The SMILES string of the molecule is CCNC(=O)[C@@H](C)N(Cc1ccc(Cl)cc1)C(=O)CN(Cc1ccccc1)S(C)(=O)=O. The van der Waals surface area contributed by atoms with Gasteiger partial charge in [0.1, 0.15) is 6.04 Å². The highest BCUT2D eigenvalue weighted by Gasteiger charge is 2.29. The van der Waals surface area contributed by atoms with Crippen molar-refractivity contribution in [2.45, 2.75) is 33.0 Å². The summed E-state index contributed by atoms with van der Waals surface area (Å²) in [4.78, 5) is 27.1. The number of nitrogens with zero attached hydrogens (tertiary/aromatic N) is 2. The molecule has 0 bridgehead atoms. The van der Waals surface area contributed by atoms with Crippen molar-refractivity contribution in [3.63, 3.8) is 0 Å². The van der Waals surface area contributed by atoms with Gasteiger partial charge in [-0.1, -0.05) is 54.1 Å². The number of hydrogen-bond donors (Lipinski definition) is 1. The van der Waals surface area contributed by atoms with Gasteiger partial charge in [-0.25, -0.2) is 8.42 Å². The Balaban J connectivity index is 2.28. The minimum Gasteiger partial charge on any atom is -0.355 e. The zero-order valence-corrected chi connectivity index (χ0v) is 19.5. The zero-order valence-electron chi connectivity index (χ0n) is 17.9. The first-order valence-electron chi connectivity index (χ1n) is 9.92. The number of sulfonamides is 1. The van der Waals surface area contributed by atoms with Crippen molar-refractivity contribution >= 4 is 33.4 Å². The van der Waals surface area contributed by atoms with E-state index in [4.69, 9.17) is 11.6 Å². The number of amides is 2. The molecule has 0 aliphatic carbocycles. The number of likely N-dealkylation sites (N-methyl/N-ethyl adjacent to an activating group) is 1. The van der Waals surface area contributed by atoms with Crippen molar-refractivity contribution in [2.75, 3.05) is 19.3 Å². The number of rotatable bonds is 10. The number of nitrogens with one attached hydrogen (secondary N) is 1. The Morgan fingerprint density at radius 1 is 1.00 bits per heavy atom. The van der Waals surface area contributed by atoms with Crippen LogP contribution >= 0.6 is 11.6 Å². The fourth-order valence-corrected chi connectivity index (χ4v) is 3.86. The van der Waals surface area contributed by atoms with E-state index in [1.54, 1.807) is 50.2 Å². The maximum atomic E-state index is 13.2. The molecule has 2 aromatic rings. The number of halogens is 1.